The van der Waals surface area contributed by atoms with Gasteiger partial charge in [0.05, 0.1) is 0 Å². The molecule has 0 aliphatic heterocycles. The molecule has 2 aromatic heterocycles. The first-order chi connectivity index (χ1) is 8.27. The number of hydrogen-bond acceptors (Lipinski definition) is 4. The average Bonchev–Trinajstić information content (AvgIpc) is 2.86. The average molecular weight is 252 g/mol. The number of nitrogens with one attached hydrogen (secondary N) is 2. The lowest BCUT2D eigenvalue weighted by atomic mass is 10.3. The summed E-state index contributed by atoms with van der Waals surface area (Å²) >= 11 is 1.70. The molecule has 17 heavy (non-hydrogen) atoms. The molecule has 2 heterocycles. The third-order valence-corrected chi connectivity index (χ3v) is 3.53. The van der Waals surface area contributed by atoms with E-state index in [1.54, 1.807) is 11.3 Å². The van der Waals surface area contributed by atoms with Crippen LogP contribution in [0.5, 0.6) is 0 Å². The van der Waals surface area contributed by atoms with Crippen molar-refractivity contribution in [1.29, 1.82) is 0 Å². The molecule has 0 amide bonds. The van der Waals surface area contributed by atoms with Gasteiger partial charge in [0.15, 0.2) is 4.96 Å². The first kappa shape index (κ1) is 12.5. The Kier molecular flexibility index (Phi) is 4.53. The normalized spacial score (nSPS) is 11.7. The van der Waals surface area contributed by atoms with Crippen LogP contribution in [0.2, 0.25) is 0 Å². The molecule has 0 aromatic carbocycles. The molecule has 2 N–H and O–H groups in total. The minimum Gasteiger partial charge on any atom is -0.315 e. The SMILES string of the molecule is CC(C)NCCNCCc1csc2nccn12. The van der Waals surface area contributed by atoms with Gasteiger partial charge in [-0.1, -0.05) is 13.8 Å². The molecule has 4 nitrogen and oxygen atoms in total. The highest BCUT2D eigenvalue weighted by molar-refractivity contribution is 7.15. The Morgan fingerprint density at radius 2 is 2.24 bits per heavy atom. The zero-order valence-corrected chi connectivity index (χ0v) is 11.3. The van der Waals surface area contributed by atoms with E-state index in [9.17, 15) is 0 Å². The fourth-order valence-corrected chi connectivity index (χ4v) is 2.63. The van der Waals surface area contributed by atoms with Crippen molar-refractivity contribution in [2.45, 2.75) is 26.3 Å². The Balaban J connectivity index is 1.67. The van der Waals surface area contributed by atoms with Crippen LogP contribution in [-0.2, 0) is 6.42 Å². The molecule has 0 aliphatic carbocycles. The van der Waals surface area contributed by atoms with Crippen LogP contribution in [0.3, 0.4) is 0 Å². The molecule has 2 aromatic rings. The van der Waals surface area contributed by atoms with Crippen LogP contribution in [0.4, 0.5) is 0 Å². The van der Waals surface area contributed by atoms with Gasteiger partial charge in [0, 0.05) is 55.6 Å². The van der Waals surface area contributed by atoms with E-state index in [4.69, 9.17) is 0 Å². The number of fused-ring (bicyclic) bond motifs is 1. The lowest BCUT2D eigenvalue weighted by Crippen LogP contribution is -2.32. The van der Waals surface area contributed by atoms with Gasteiger partial charge < -0.3 is 10.6 Å². The molecule has 94 valence electrons. The minimum absolute atomic E-state index is 0.569. The molecule has 0 unspecified atom stereocenters. The van der Waals surface area contributed by atoms with Crippen molar-refractivity contribution in [3.05, 3.63) is 23.5 Å². The van der Waals surface area contributed by atoms with Crippen LogP contribution in [0.1, 0.15) is 19.5 Å². The van der Waals surface area contributed by atoms with Crippen LogP contribution in [-0.4, -0.2) is 35.1 Å². The number of imidazole rings is 1. The molecule has 0 atom stereocenters. The second-order valence-electron chi connectivity index (χ2n) is 4.42. The van der Waals surface area contributed by atoms with Gasteiger partial charge in [0.1, 0.15) is 0 Å². The summed E-state index contributed by atoms with van der Waals surface area (Å²) in [5.74, 6) is 0. The molecule has 0 fully saturated rings. The third-order valence-electron chi connectivity index (χ3n) is 2.63. The Morgan fingerprint density at radius 3 is 3.06 bits per heavy atom. The first-order valence-electron chi connectivity index (χ1n) is 6.11. The Labute approximate surface area is 106 Å². The number of thiazole rings is 1. The van der Waals surface area contributed by atoms with Crippen molar-refractivity contribution < 1.29 is 0 Å². The zero-order valence-electron chi connectivity index (χ0n) is 10.4. The van der Waals surface area contributed by atoms with Crippen molar-refractivity contribution in [3.63, 3.8) is 0 Å². The molecular weight excluding hydrogens is 232 g/mol. The largest absolute Gasteiger partial charge is 0.315 e. The molecule has 0 aliphatic rings. The summed E-state index contributed by atoms with van der Waals surface area (Å²) < 4.78 is 2.17. The molecule has 0 saturated heterocycles. The third kappa shape index (κ3) is 3.52. The van der Waals surface area contributed by atoms with Gasteiger partial charge in [-0.2, -0.15) is 0 Å². The highest BCUT2D eigenvalue weighted by Gasteiger charge is 2.02. The van der Waals surface area contributed by atoms with Crippen molar-refractivity contribution in [2.24, 2.45) is 0 Å². The fourth-order valence-electron chi connectivity index (χ4n) is 1.74. The molecule has 0 saturated carbocycles. The summed E-state index contributed by atoms with van der Waals surface area (Å²) in [5.41, 5.74) is 1.34. The molecule has 5 heteroatoms. The highest BCUT2D eigenvalue weighted by atomic mass is 32.1. The van der Waals surface area contributed by atoms with Gasteiger partial charge in [-0.25, -0.2) is 4.98 Å². The number of aromatic nitrogens is 2. The number of nitrogens with zero attached hydrogens (tertiary/aromatic N) is 2. The maximum Gasteiger partial charge on any atom is 0.193 e. The topological polar surface area (TPSA) is 41.4 Å². The monoisotopic (exact) mass is 252 g/mol. The van der Waals surface area contributed by atoms with Gasteiger partial charge in [-0.15, -0.1) is 11.3 Å². The van der Waals surface area contributed by atoms with Crippen LogP contribution in [0, 0.1) is 0 Å². The molecule has 0 bridgehead atoms. The van der Waals surface area contributed by atoms with Crippen molar-refractivity contribution in [1.82, 2.24) is 20.0 Å². The maximum atomic E-state index is 4.27. The van der Waals surface area contributed by atoms with Crippen LogP contribution < -0.4 is 10.6 Å². The van der Waals surface area contributed by atoms with E-state index < -0.39 is 0 Å². The predicted molar refractivity (Wildman–Crippen MR) is 72.8 cm³/mol. The number of rotatable bonds is 7. The van der Waals surface area contributed by atoms with Gasteiger partial charge in [-0.05, 0) is 0 Å². The summed E-state index contributed by atoms with van der Waals surface area (Å²) in [4.78, 5) is 5.35. The Hall–Kier alpha value is -0.910. The number of hydrogen-bond donors (Lipinski definition) is 2. The maximum absolute atomic E-state index is 4.27. The summed E-state index contributed by atoms with van der Waals surface area (Å²) in [6.07, 6.45) is 4.94. The van der Waals surface area contributed by atoms with E-state index in [1.165, 1.54) is 5.69 Å². The van der Waals surface area contributed by atoms with Gasteiger partial charge in [0.2, 0.25) is 0 Å². The van der Waals surface area contributed by atoms with Gasteiger partial charge >= 0.3 is 0 Å². The second kappa shape index (κ2) is 6.14. The molecule has 0 spiro atoms. The first-order valence-corrected chi connectivity index (χ1v) is 6.99. The van der Waals surface area contributed by atoms with Gasteiger partial charge in [0.25, 0.3) is 0 Å². The van der Waals surface area contributed by atoms with E-state index in [0.717, 1.165) is 31.0 Å². The lowest BCUT2D eigenvalue weighted by molar-refractivity contribution is 0.555. The van der Waals surface area contributed by atoms with E-state index >= 15 is 0 Å². The van der Waals surface area contributed by atoms with Crippen LogP contribution in [0.25, 0.3) is 4.96 Å². The zero-order chi connectivity index (χ0) is 12.1. The highest BCUT2D eigenvalue weighted by Crippen LogP contribution is 2.14. The summed E-state index contributed by atoms with van der Waals surface area (Å²) in [7, 11) is 0. The molecule has 2 rings (SSSR count). The summed E-state index contributed by atoms with van der Waals surface area (Å²) in [5, 5.41) is 9.02. The van der Waals surface area contributed by atoms with Crippen LogP contribution >= 0.6 is 11.3 Å². The quantitative estimate of drug-likeness (QED) is 0.734. The molecule has 0 radical (unpaired) electrons. The minimum atomic E-state index is 0.569. The van der Waals surface area contributed by atoms with E-state index in [-0.39, 0.29) is 0 Å². The van der Waals surface area contributed by atoms with E-state index in [1.807, 2.05) is 12.4 Å². The standard InChI is InChI=1S/C12H20N4S/c1-10(2)14-6-5-13-4-3-11-9-17-12-15-7-8-16(11)12/h7-10,13-14H,3-6H2,1-2H3. The fraction of sp³-hybridized carbons (Fsp3) is 0.583. The lowest BCUT2D eigenvalue weighted by Gasteiger charge is -2.08. The smallest absolute Gasteiger partial charge is 0.193 e. The van der Waals surface area contributed by atoms with Gasteiger partial charge in [-0.3, -0.25) is 4.40 Å². The summed E-state index contributed by atoms with van der Waals surface area (Å²) in [6, 6.07) is 0.569. The second-order valence-corrected chi connectivity index (χ2v) is 5.25. The van der Waals surface area contributed by atoms with E-state index in [0.29, 0.717) is 6.04 Å². The Morgan fingerprint density at radius 1 is 1.35 bits per heavy atom. The van der Waals surface area contributed by atoms with Crippen molar-refractivity contribution in [2.75, 3.05) is 19.6 Å². The van der Waals surface area contributed by atoms with Crippen LogP contribution in [0.15, 0.2) is 17.8 Å². The van der Waals surface area contributed by atoms with Crippen molar-refractivity contribution in [3.8, 4) is 0 Å². The Bertz CT molecular complexity index is 446. The predicted octanol–water partition coefficient (Wildman–Crippen LogP) is 1.53. The van der Waals surface area contributed by atoms with Crippen molar-refractivity contribution >= 4 is 16.3 Å². The summed E-state index contributed by atoms with van der Waals surface area (Å²) in [6.45, 7) is 7.41. The molecular formula is C12H20N4S. The van der Waals surface area contributed by atoms with E-state index in [2.05, 4.69) is 39.2 Å².